The summed E-state index contributed by atoms with van der Waals surface area (Å²) in [6.45, 7) is 13.8. The van der Waals surface area contributed by atoms with Crippen LogP contribution in [0.4, 0.5) is 0 Å². The minimum Gasteiger partial charge on any atom is -0.379 e. The van der Waals surface area contributed by atoms with Crippen molar-refractivity contribution in [2.24, 2.45) is 0 Å². The lowest BCUT2D eigenvalue weighted by atomic mass is 10.0. The number of hydrogen-bond acceptors (Lipinski definition) is 4. The highest BCUT2D eigenvalue weighted by Gasteiger charge is 2.21. The van der Waals surface area contributed by atoms with Gasteiger partial charge < -0.3 is 15.4 Å². The third-order valence-corrected chi connectivity index (χ3v) is 3.88. The van der Waals surface area contributed by atoms with Crippen LogP contribution in [0.15, 0.2) is 0 Å². The highest BCUT2D eigenvalue weighted by atomic mass is 16.5. The van der Waals surface area contributed by atoms with Crippen molar-refractivity contribution in [2.45, 2.75) is 58.5 Å². The van der Waals surface area contributed by atoms with Gasteiger partial charge in [0.25, 0.3) is 0 Å². The Kier molecular flexibility index (Phi) is 10.3. The molecule has 0 bridgehead atoms. The fourth-order valence-electron chi connectivity index (χ4n) is 2.73. The predicted octanol–water partition coefficient (Wildman–Crippen LogP) is 1.86. The number of rotatable bonds is 11. The van der Waals surface area contributed by atoms with Crippen molar-refractivity contribution in [3.63, 3.8) is 0 Å². The zero-order valence-electron chi connectivity index (χ0n) is 13.8. The Morgan fingerprint density at radius 3 is 2.80 bits per heavy atom. The Balaban J connectivity index is 2.09. The van der Waals surface area contributed by atoms with Crippen LogP contribution in [0.25, 0.3) is 0 Å². The summed E-state index contributed by atoms with van der Waals surface area (Å²) in [5.41, 5.74) is 0. The molecule has 1 rings (SSSR count). The first-order valence-corrected chi connectivity index (χ1v) is 8.50. The average molecular weight is 285 g/mol. The van der Waals surface area contributed by atoms with Gasteiger partial charge in [0.1, 0.15) is 0 Å². The summed E-state index contributed by atoms with van der Waals surface area (Å²) < 4.78 is 5.74. The molecule has 0 aromatic rings. The molecule has 0 aliphatic carbocycles. The Hall–Kier alpha value is -0.160. The number of nitrogens with one attached hydrogen (secondary N) is 2. The molecule has 1 aliphatic heterocycles. The Morgan fingerprint density at radius 2 is 2.05 bits per heavy atom. The third kappa shape index (κ3) is 8.20. The number of nitrogens with zero attached hydrogens (tertiary/aromatic N) is 1. The molecule has 0 saturated carbocycles. The van der Waals surface area contributed by atoms with Crippen LogP contribution in [-0.4, -0.2) is 62.9 Å². The van der Waals surface area contributed by atoms with E-state index in [1.54, 1.807) is 0 Å². The fraction of sp³-hybridized carbons (Fsp3) is 1.00. The second-order valence-electron chi connectivity index (χ2n) is 6.11. The van der Waals surface area contributed by atoms with Gasteiger partial charge in [0.15, 0.2) is 0 Å². The molecule has 1 fully saturated rings. The quantitative estimate of drug-likeness (QED) is 0.568. The monoisotopic (exact) mass is 285 g/mol. The first-order chi connectivity index (χ1) is 9.74. The summed E-state index contributed by atoms with van der Waals surface area (Å²) >= 11 is 0. The molecule has 4 heteroatoms. The van der Waals surface area contributed by atoms with Gasteiger partial charge in [0.2, 0.25) is 0 Å². The maximum atomic E-state index is 5.74. The smallest absolute Gasteiger partial charge is 0.0594 e. The van der Waals surface area contributed by atoms with Gasteiger partial charge in [-0.2, -0.15) is 0 Å². The van der Waals surface area contributed by atoms with E-state index in [1.165, 1.54) is 32.2 Å². The molecule has 0 aromatic carbocycles. The standard InChI is InChI=1S/C16H35N3O/c1-4-8-17-14-16-7-5-6-10-19(16)11-13-20-12-9-18-15(2)3/h15-18H,4-14H2,1-3H3. The van der Waals surface area contributed by atoms with Gasteiger partial charge >= 0.3 is 0 Å². The number of hydrogen-bond donors (Lipinski definition) is 2. The van der Waals surface area contributed by atoms with Gasteiger partial charge in [-0.05, 0) is 32.4 Å². The molecule has 20 heavy (non-hydrogen) atoms. The van der Waals surface area contributed by atoms with Gasteiger partial charge in [0, 0.05) is 31.7 Å². The van der Waals surface area contributed by atoms with E-state index >= 15 is 0 Å². The summed E-state index contributed by atoms with van der Waals surface area (Å²) in [5.74, 6) is 0. The van der Waals surface area contributed by atoms with Crippen LogP contribution >= 0.6 is 0 Å². The molecule has 1 saturated heterocycles. The Morgan fingerprint density at radius 1 is 1.20 bits per heavy atom. The van der Waals surface area contributed by atoms with Crippen molar-refractivity contribution in [1.82, 2.24) is 15.5 Å². The van der Waals surface area contributed by atoms with Crippen LogP contribution in [0.3, 0.4) is 0 Å². The van der Waals surface area contributed by atoms with Crippen molar-refractivity contribution in [3.8, 4) is 0 Å². The summed E-state index contributed by atoms with van der Waals surface area (Å²) in [6.07, 6.45) is 5.29. The molecular weight excluding hydrogens is 250 g/mol. The van der Waals surface area contributed by atoms with Crippen LogP contribution < -0.4 is 10.6 Å². The summed E-state index contributed by atoms with van der Waals surface area (Å²) in [5, 5.41) is 6.94. The molecule has 4 nitrogen and oxygen atoms in total. The van der Waals surface area contributed by atoms with Gasteiger partial charge in [-0.3, -0.25) is 4.90 Å². The maximum absolute atomic E-state index is 5.74. The summed E-state index contributed by atoms with van der Waals surface area (Å²) in [7, 11) is 0. The molecule has 0 spiro atoms. The van der Waals surface area contributed by atoms with Crippen molar-refractivity contribution >= 4 is 0 Å². The lowest BCUT2D eigenvalue weighted by Gasteiger charge is -2.35. The molecule has 0 amide bonds. The van der Waals surface area contributed by atoms with E-state index in [0.29, 0.717) is 12.1 Å². The van der Waals surface area contributed by atoms with E-state index in [0.717, 1.165) is 39.4 Å². The normalized spacial score (nSPS) is 20.7. The average Bonchev–Trinajstić information content (AvgIpc) is 2.44. The molecule has 0 radical (unpaired) electrons. The second kappa shape index (κ2) is 11.5. The molecule has 1 unspecified atom stereocenters. The topological polar surface area (TPSA) is 36.5 Å². The minimum atomic E-state index is 0.551. The van der Waals surface area contributed by atoms with Crippen LogP contribution in [0.5, 0.6) is 0 Å². The Bertz CT molecular complexity index is 224. The van der Waals surface area contributed by atoms with Crippen molar-refractivity contribution < 1.29 is 4.74 Å². The molecule has 2 N–H and O–H groups in total. The first-order valence-electron chi connectivity index (χ1n) is 8.50. The van der Waals surface area contributed by atoms with E-state index in [-0.39, 0.29) is 0 Å². The van der Waals surface area contributed by atoms with Crippen molar-refractivity contribution in [2.75, 3.05) is 45.9 Å². The van der Waals surface area contributed by atoms with E-state index in [1.807, 2.05) is 0 Å². The molecule has 0 aromatic heterocycles. The molecule has 1 aliphatic rings. The zero-order valence-corrected chi connectivity index (χ0v) is 13.8. The SMILES string of the molecule is CCCNCC1CCCCN1CCOCCNC(C)C. The summed E-state index contributed by atoms with van der Waals surface area (Å²) in [4.78, 5) is 2.61. The number of ether oxygens (including phenoxy) is 1. The second-order valence-corrected chi connectivity index (χ2v) is 6.11. The van der Waals surface area contributed by atoms with Crippen LogP contribution in [0.2, 0.25) is 0 Å². The lowest BCUT2D eigenvalue weighted by molar-refractivity contribution is 0.0720. The number of piperidine rings is 1. The summed E-state index contributed by atoms with van der Waals surface area (Å²) in [6, 6.07) is 1.27. The predicted molar refractivity (Wildman–Crippen MR) is 86.3 cm³/mol. The first kappa shape index (κ1) is 17.9. The number of likely N-dealkylation sites (tertiary alicyclic amines) is 1. The van der Waals surface area contributed by atoms with Gasteiger partial charge in [0.05, 0.1) is 13.2 Å². The molecular formula is C16H35N3O. The molecule has 1 heterocycles. The van der Waals surface area contributed by atoms with Crippen LogP contribution in [-0.2, 0) is 4.74 Å². The van der Waals surface area contributed by atoms with E-state index in [2.05, 4.69) is 36.3 Å². The van der Waals surface area contributed by atoms with E-state index < -0.39 is 0 Å². The Labute approximate surface area is 125 Å². The van der Waals surface area contributed by atoms with E-state index in [9.17, 15) is 0 Å². The zero-order chi connectivity index (χ0) is 14.6. The van der Waals surface area contributed by atoms with Gasteiger partial charge in [-0.15, -0.1) is 0 Å². The van der Waals surface area contributed by atoms with Crippen LogP contribution in [0.1, 0.15) is 46.5 Å². The highest BCUT2D eigenvalue weighted by Crippen LogP contribution is 2.15. The highest BCUT2D eigenvalue weighted by molar-refractivity contribution is 4.78. The van der Waals surface area contributed by atoms with Gasteiger partial charge in [-0.1, -0.05) is 27.2 Å². The minimum absolute atomic E-state index is 0.551. The fourth-order valence-corrected chi connectivity index (χ4v) is 2.73. The van der Waals surface area contributed by atoms with E-state index in [4.69, 9.17) is 4.74 Å². The third-order valence-electron chi connectivity index (χ3n) is 3.88. The molecule has 1 atom stereocenters. The van der Waals surface area contributed by atoms with Crippen LogP contribution in [0, 0.1) is 0 Å². The van der Waals surface area contributed by atoms with Crippen molar-refractivity contribution in [1.29, 1.82) is 0 Å². The van der Waals surface area contributed by atoms with Crippen molar-refractivity contribution in [3.05, 3.63) is 0 Å². The van der Waals surface area contributed by atoms with Gasteiger partial charge in [-0.25, -0.2) is 0 Å². The maximum Gasteiger partial charge on any atom is 0.0594 e. The lowest BCUT2D eigenvalue weighted by Crippen LogP contribution is -2.47. The molecule has 120 valence electrons. The largest absolute Gasteiger partial charge is 0.379 e.